The number of ether oxygens (including phenoxy) is 1. The van der Waals surface area contributed by atoms with E-state index in [2.05, 4.69) is 14.6 Å². The highest BCUT2D eigenvalue weighted by Gasteiger charge is 2.22. The summed E-state index contributed by atoms with van der Waals surface area (Å²) in [5.74, 6) is 0.247. The molecule has 1 aliphatic heterocycles. The van der Waals surface area contributed by atoms with Gasteiger partial charge in [0.15, 0.2) is 5.13 Å². The highest BCUT2D eigenvalue weighted by atomic mass is 32.1. The second-order valence-electron chi connectivity index (χ2n) is 6.16. The van der Waals surface area contributed by atoms with Crippen molar-refractivity contribution in [2.75, 3.05) is 31.1 Å². The van der Waals surface area contributed by atoms with E-state index < -0.39 is 6.61 Å². The van der Waals surface area contributed by atoms with E-state index in [9.17, 15) is 13.6 Å². The Morgan fingerprint density at radius 1 is 1.23 bits per heavy atom. The van der Waals surface area contributed by atoms with Crippen LogP contribution in [-0.4, -0.2) is 48.6 Å². The summed E-state index contributed by atoms with van der Waals surface area (Å²) in [4.78, 5) is 21.0. The molecule has 1 amide bonds. The van der Waals surface area contributed by atoms with E-state index in [0.29, 0.717) is 25.9 Å². The van der Waals surface area contributed by atoms with Crippen molar-refractivity contribution >= 4 is 22.4 Å². The molecular weight excluding hydrogens is 360 g/mol. The van der Waals surface area contributed by atoms with Crippen LogP contribution in [0, 0.1) is 6.92 Å². The Hall–Kier alpha value is -2.22. The molecule has 0 unspecified atom stereocenters. The van der Waals surface area contributed by atoms with Gasteiger partial charge in [0, 0.05) is 38.0 Å². The summed E-state index contributed by atoms with van der Waals surface area (Å²) >= 11 is 1.63. The van der Waals surface area contributed by atoms with E-state index in [-0.39, 0.29) is 11.7 Å². The minimum atomic E-state index is -2.82. The van der Waals surface area contributed by atoms with Gasteiger partial charge in [0.1, 0.15) is 5.75 Å². The van der Waals surface area contributed by atoms with Crippen molar-refractivity contribution in [3.63, 3.8) is 0 Å². The van der Waals surface area contributed by atoms with E-state index >= 15 is 0 Å². The molecule has 2 heterocycles. The zero-order chi connectivity index (χ0) is 18.5. The lowest BCUT2D eigenvalue weighted by molar-refractivity contribution is -0.131. The Labute approximate surface area is 155 Å². The SMILES string of the molecule is Cc1csc(N2CCN(C(=O)CCc3ccc(OC(F)F)cc3)CC2)n1. The molecule has 0 spiro atoms. The van der Waals surface area contributed by atoms with Gasteiger partial charge in [-0.1, -0.05) is 12.1 Å². The zero-order valence-corrected chi connectivity index (χ0v) is 15.3. The largest absolute Gasteiger partial charge is 0.435 e. The van der Waals surface area contributed by atoms with Gasteiger partial charge in [-0.05, 0) is 31.0 Å². The summed E-state index contributed by atoms with van der Waals surface area (Å²) in [6, 6.07) is 6.43. The number of benzene rings is 1. The van der Waals surface area contributed by atoms with Gasteiger partial charge in [0.25, 0.3) is 0 Å². The first-order valence-electron chi connectivity index (χ1n) is 8.50. The molecule has 0 aliphatic carbocycles. The number of alkyl halides is 2. The minimum Gasteiger partial charge on any atom is -0.435 e. The van der Waals surface area contributed by atoms with Gasteiger partial charge in [-0.15, -0.1) is 11.3 Å². The number of amides is 1. The monoisotopic (exact) mass is 381 g/mol. The van der Waals surface area contributed by atoms with Crippen LogP contribution in [0.2, 0.25) is 0 Å². The van der Waals surface area contributed by atoms with E-state index in [1.54, 1.807) is 23.5 Å². The number of halogens is 2. The minimum absolute atomic E-state index is 0.118. The van der Waals surface area contributed by atoms with Gasteiger partial charge in [-0.25, -0.2) is 4.98 Å². The molecule has 1 fully saturated rings. The number of aromatic nitrogens is 1. The number of hydrogen-bond acceptors (Lipinski definition) is 5. The van der Waals surface area contributed by atoms with E-state index in [1.807, 2.05) is 17.2 Å². The summed E-state index contributed by atoms with van der Waals surface area (Å²) in [5.41, 5.74) is 1.95. The quantitative estimate of drug-likeness (QED) is 0.770. The third-order valence-corrected chi connectivity index (χ3v) is 5.31. The first kappa shape index (κ1) is 18.6. The second-order valence-corrected chi connectivity index (χ2v) is 7.00. The first-order chi connectivity index (χ1) is 12.5. The molecule has 5 nitrogen and oxygen atoms in total. The fraction of sp³-hybridized carbons (Fsp3) is 0.444. The summed E-state index contributed by atoms with van der Waals surface area (Å²) < 4.78 is 28.6. The Balaban J connectivity index is 1.44. The summed E-state index contributed by atoms with van der Waals surface area (Å²) in [7, 11) is 0. The van der Waals surface area contributed by atoms with Crippen molar-refractivity contribution in [3.8, 4) is 5.75 Å². The third kappa shape index (κ3) is 4.91. The number of aryl methyl sites for hydroxylation is 2. The second kappa shape index (κ2) is 8.44. The van der Waals surface area contributed by atoms with Gasteiger partial charge < -0.3 is 14.5 Å². The Morgan fingerprint density at radius 3 is 2.50 bits per heavy atom. The molecule has 0 bridgehead atoms. The molecule has 140 valence electrons. The van der Waals surface area contributed by atoms with Crippen LogP contribution in [0.25, 0.3) is 0 Å². The Kier molecular flexibility index (Phi) is 6.03. The van der Waals surface area contributed by atoms with E-state index in [0.717, 1.165) is 29.5 Å². The molecule has 0 saturated carbocycles. The smallest absolute Gasteiger partial charge is 0.387 e. The molecule has 8 heteroatoms. The van der Waals surface area contributed by atoms with Gasteiger partial charge in [-0.3, -0.25) is 4.79 Å². The number of nitrogens with zero attached hydrogens (tertiary/aromatic N) is 3. The Bertz CT molecular complexity index is 728. The van der Waals surface area contributed by atoms with Crippen molar-refractivity contribution in [3.05, 3.63) is 40.9 Å². The first-order valence-corrected chi connectivity index (χ1v) is 9.38. The van der Waals surface area contributed by atoms with Crippen molar-refractivity contribution in [1.29, 1.82) is 0 Å². The maximum Gasteiger partial charge on any atom is 0.387 e. The molecule has 1 saturated heterocycles. The molecule has 3 rings (SSSR count). The Morgan fingerprint density at radius 2 is 1.92 bits per heavy atom. The van der Waals surface area contributed by atoms with Gasteiger partial charge in [0.05, 0.1) is 5.69 Å². The van der Waals surface area contributed by atoms with Crippen LogP contribution in [0.5, 0.6) is 5.75 Å². The number of thiazole rings is 1. The highest BCUT2D eigenvalue weighted by Crippen LogP contribution is 2.22. The maximum absolute atomic E-state index is 12.4. The van der Waals surface area contributed by atoms with Gasteiger partial charge in [-0.2, -0.15) is 8.78 Å². The number of piperazine rings is 1. The van der Waals surface area contributed by atoms with Crippen LogP contribution >= 0.6 is 11.3 Å². The maximum atomic E-state index is 12.4. The lowest BCUT2D eigenvalue weighted by Gasteiger charge is -2.34. The van der Waals surface area contributed by atoms with Crippen LogP contribution in [-0.2, 0) is 11.2 Å². The average Bonchev–Trinajstić information content (AvgIpc) is 3.07. The predicted octanol–water partition coefficient (Wildman–Crippen LogP) is 3.33. The van der Waals surface area contributed by atoms with Crippen molar-refractivity contribution in [2.45, 2.75) is 26.4 Å². The summed E-state index contributed by atoms with van der Waals surface area (Å²) in [6.07, 6.45) is 0.991. The molecule has 1 aliphatic rings. The predicted molar refractivity (Wildman–Crippen MR) is 97.0 cm³/mol. The lowest BCUT2D eigenvalue weighted by atomic mass is 10.1. The molecule has 0 N–H and O–H groups in total. The average molecular weight is 381 g/mol. The molecule has 2 aromatic rings. The van der Waals surface area contributed by atoms with Gasteiger partial charge >= 0.3 is 6.61 Å². The molecule has 0 atom stereocenters. The number of rotatable bonds is 6. The number of carbonyl (C=O) groups excluding carboxylic acids is 1. The third-order valence-electron chi connectivity index (χ3n) is 4.29. The van der Waals surface area contributed by atoms with Crippen LogP contribution < -0.4 is 9.64 Å². The molecular formula is C18H21F2N3O2S. The number of hydrogen-bond donors (Lipinski definition) is 0. The summed E-state index contributed by atoms with van der Waals surface area (Å²) in [6.45, 7) is 2.12. The van der Waals surface area contributed by atoms with Crippen molar-refractivity contribution < 1.29 is 18.3 Å². The van der Waals surface area contributed by atoms with Crippen LogP contribution in [0.3, 0.4) is 0 Å². The molecule has 0 radical (unpaired) electrons. The van der Waals surface area contributed by atoms with E-state index in [4.69, 9.17) is 0 Å². The number of carbonyl (C=O) groups is 1. The molecule has 1 aromatic heterocycles. The van der Waals surface area contributed by atoms with E-state index in [1.165, 1.54) is 12.1 Å². The van der Waals surface area contributed by atoms with Crippen molar-refractivity contribution in [1.82, 2.24) is 9.88 Å². The normalized spacial score (nSPS) is 14.8. The molecule has 1 aromatic carbocycles. The number of anilines is 1. The summed E-state index contributed by atoms with van der Waals surface area (Å²) in [5, 5.41) is 3.05. The fourth-order valence-corrected chi connectivity index (χ4v) is 3.74. The standard InChI is InChI=1S/C18H21F2N3O2S/c1-13-12-26-18(21-13)23-10-8-22(9-11-23)16(24)7-4-14-2-5-15(6-3-14)25-17(19)20/h2-3,5-6,12,17H,4,7-11H2,1H3. The fourth-order valence-electron chi connectivity index (χ4n) is 2.88. The van der Waals surface area contributed by atoms with Crippen molar-refractivity contribution in [2.24, 2.45) is 0 Å². The van der Waals surface area contributed by atoms with Crippen LogP contribution in [0.1, 0.15) is 17.7 Å². The lowest BCUT2D eigenvalue weighted by Crippen LogP contribution is -2.48. The topological polar surface area (TPSA) is 45.7 Å². The van der Waals surface area contributed by atoms with Crippen LogP contribution in [0.15, 0.2) is 29.6 Å². The van der Waals surface area contributed by atoms with Gasteiger partial charge in [0.2, 0.25) is 5.91 Å². The van der Waals surface area contributed by atoms with Crippen LogP contribution in [0.4, 0.5) is 13.9 Å². The highest BCUT2D eigenvalue weighted by molar-refractivity contribution is 7.13. The molecule has 26 heavy (non-hydrogen) atoms. The zero-order valence-electron chi connectivity index (χ0n) is 14.5.